The summed E-state index contributed by atoms with van der Waals surface area (Å²) in [4.78, 5) is 2.35. The molecule has 1 aliphatic rings. The highest BCUT2D eigenvalue weighted by Crippen LogP contribution is 2.29. The Kier molecular flexibility index (Phi) is 5.80. The molecule has 1 aromatic rings. The number of piperidine rings is 1. The third kappa shape index (κ3) is 4.01. The molecule has 2 nitrogen and oxygen atoms in total. The number of nitrogens with zero attached hydrogens (tertiary/aromatic N) is 1. The summed E-state index contributed by atoms with van der Waals surface area (Å²) in [5, 5.41) is 0.764. The summed E-state index contributed by atoms with van der Waals surface area (Å²) >= 11 is 12.1. The Hall–Kier alpha value is -0.440. The zero-order valence-corrected chi connectivity index (χ0v) is 12.9. The molecule has 1 aromatic carbocycles. The lowest BCUT2D eigenvalue weighted by Gasteiger charge is -2.35. The van der Waals surface area contributed by atoms with Crippen LogP contribution in [0.2, 0.25) is 5.02 Å². The van der Waals surface area contributed by atoms with Gasteiger partial charge in [-0.05, 0) is 37.0 Å². The van der Waals surface area contributed by atoms with E-state index in [4.69, 9.17) is 27.9 Å². The monoisotopic (exact) mass is 301 g/mol. The molecule has 0 spiro atoms. The van der Waals surface area contributed by atoms with E-state index in [0.717, 1.165) is 55.2 Å². The van der Waals surface area contributed by atoms with E-state index in [9.17, 15) is 0 Å². The third-order valence-electron chi connectivity index (χ3n) is 3.47. The van der Waals surface area contributed by atoms with E-state index in [-0.39, 0.29) is 0 Å². The Morgan fingerprint density at radius 2 is 2.26 bits per heavy atom. The van der Waals surface area contributed by atoms with Crippen molar-refractivity contribution >= 4 is 28.9 Å². The van der Waals surface area contributed by atoms with Crippen LogP contribution in [0.25, 0.3) is 0 Å². The van der Waals surface area contributed by atoms with Crippen LogP contribution in [0.1, 0.15) is 31.7 Å². The Morgan fingerprint density at radius 1 is 1.42 bits per heavy atom. The van der Waals surface area contributed by atoms with Crippen molar-refractivity contribution in [2.75, 3.05) is 24.6 Å². The van der Waals surface area contributed by atoms with Gasteiger partial charge in [0.2, 0.25) is 0 Å². The van der Waals surface area contributed by atoms with Crippen LogP contribution in [0.3, 0.4) is 0 Å². The topological polar surface area (TPSA) is 12.5 Å². The number of rotatable bonds is 5. The van der Waals surface area contributed by atoms with Crippen LogP contribution >= 0.6 is 23.2 Å². The number of anilines is 1. The first-order chi connectivity index (χ1) is 9.24. The minimum absolute atomic E-state index is 0.329. The third-order valence-corrected chi connectivity index (χ3v) is 3.99. The normalized spacial score (nSPS) is 19.7. The van der Waals surface area contributed by atoms with Gasteiger partial charge in [-0.3, -0.25) is 0 Å². The highest BCUT2D eigenvalue weighted by molar-refractivity contribution is 6.31. The molecule has 0 aromatic heterocycles. The van der Waals surface area contributed by atoms with Gasteiger partial charge >= 0.3 is 0 Å². The fourth-order valence-electron chi connectivity index (χ4n) is 2.52. The highest BCUT2D eigenvalue weighted by Gasteiger charge is 2.22. The number of halogens is 2. The summed E-state index contributed by atoms with van der Waals surface area (Å²) in [5.41, 5.74) is 2.30. The van der Waals surface area contributed by atoms with Gasteiger partial charge in [0.1, 0.15) is 0 Å². The van der Waals surface area contributed by atoms with Crippen LogP contribution in [0.4, 0.5) is 5.69 Å². The maximum Gasteiger partial charge on any atom is 0.0750 e. The quantitative estimate of drug-likeness (QED) is 0.744. The predicted molar refractivity (Wildman–Crippen MR) is 82.5 cm³/mol. The Bertz CT molecular complexity index is 411. The zero-order valence-electron chi connectivity index (χ0n) is 11.4. The van der Waals surface area contributed by atoms with Gasteiger partial charge in [-0.25, -0.2) is 0 Å². The summed E-state index contributed by atoms with van der Waals surface area (Å²) < 4.78 is 5.88. The van der Waals surface area contributed by atoms with Crippen molar-refractivity contribution in [2.45, 2.75) is 38.2 Å². The SMILES string of the molecule is CCCOC1CCCN(c2cc(Cl)ccc2CCl)C1. The average molecular weight is 302 g/mol. The molecule has 0 aliphatic carbocycles. The average Bonchev–Trinajstić information content (AvgIpc) is 2.45. The molecule has 1 aliphatic heterocycles. The van der Waals surface area contributed by atoms with E-state index in [0.29, 0.717) is 12.0 Å². The maximum absolute atomic E-state index is 6.11. The van der Waals surface area contributed by atoms with E-state index < -0.39 is 0 Å². The van der Waals surface area contributed by atoms with Crippen molar-refractivity contribution in [3.05, 3.63) is 28.8 Å². The predicted octanol–water partition coefficient (Wildman–Crippen LogP) is 4.47. The number of hydrogen-bond acceptors (Lipinski definition) is 2. The lowest BCUT2D eigenvalue weighted by molar-refractivity contribution is 0.0440. The largest absolute Gasteiger partial charge is 0.376 e. The summed E-state index contributed by atoms with van der Waals surface area (Å²) in [6, 6.07) is 5.93. The molecule has 1 heterocycles. The molecular formula is C15H21Cl2NO. The first-order valence-electron chi connectivity index (χ1n) is 6.95. The molecule has 0 bridgehead atoms. The molecule has 19 heavy (non-hydrogen) atoms. The molecule has 1 unspecified atom stereocenters. The van der Waals surface area contributed by atoms with Crippen molar-refractivity contribution in [1.29, 1.82) is 0 Å². The highest BCUT2D eigenvalue weighted by atomic mass is 35.5. The van der Waals surface area contributed by atoms with E-state index in [1.54, 1.807) is 0 Å². The molecule has 1 saturated heterocycles. The number of hydrogen-bond donors (Lipinski definition) is 0. The van der Waals surface area contributed by atoms with E-state index in [2.05, 4.69) is 11.8 Å². The molecule has 1 fully saturated rings. The van der Waals surface area contributed by atoms with Gasteiger partial charge in [0, 0.05) is 36.3 Å². The van der Waals surface area contributed by atoms with Gasteiger partial charge in [-0.1, -0.05) is 24.6 Å². The standard InChI is InChI=1S/C15H21Cl2NO/c1-2-8-19-14-4-3-7-18(11-14)15-9-13(17)6-5-12(15)10-16/h5-6,9,14H,2-4,7-8,10-11H2,1H3. The van der Waals surface area contributed by atoms with Gasteiger partial charge in [0.25, 0.3) is 0 Å². The lowest BCUT2D eigenvalue weighted by Crippen LogP contribution is -2.40. The Balaban J connectivity index is 2.10. The summed E-state index contributed by atoms with van der Waals surface area (Å²) in [6.07, 6.45) is 3.70. The van der Waals surface area contributed by atoms with Crippen LogP contribution in [-0.4, -0.2) is 25.8 Å². The summed E-state index contributed by atoms with van der Waals surface area (Å²) in [7, 11) is 0. The molecule has 1 atom stereocenters. The first-order valence-corrected chi connectivity index (χ1v) is 7.86. The molecule has 0 saturated carbocycles. The van der Waals surface area contributed by atoms with Crippen molar-refractivity contribution in [1.82, 2.24) is 0 Å². The lowest BCUT2D eigenvalue weighted by atomic mass is 10.1. The number of ether oxygens (including phenoxy) is 1. The maximum atomic E-state index is 6.11. The fourth-order valence-corrected chi connectivity index (χ4v) is 2.91. The van der Waals surface area contributed by atoms with Crippen molar-refractivity contribution in [3.63, 3.8) is 0 Å². The van der Waals surface area contributed by atoms with E-state index in [1.807, 2.05) is 18.2 Å². The van der Waals surface area contributed by atoms with E-state index >= 15 is 0 Å². The second-order valence-electron chi connectivity index (χ2n) is 4.99. The van der Waals surface area contributed by atoms with Crippen LogP contribution in [0.15, 0.2) is 18.2 Å². The van der Waals surface area contributed by atoms with Crippen LogP contribution in [-0.2, 0) is 10.6 Å². The van der Waals surface area contributed by atoms with Gasteiger partial charge < -0.3 is 9.64 Å². The Morgan fingerprint density at radius 3 is 3.00 bits per heavy atom. The van der Waals surface area contributed by atoms with Crippen LogP contribution < -0.4 is 4.90 Å². The van der Waals surface area contributed by atoms with Crippen molar-refractivity contribution in [2.24, 2.45) is 0 Å². The summed E-state index contributed by atoms with van der Waals surface area (Å²) in [6.45, 7) is 4.97. The van der Waals surface area contributed by atoms with Crippen LogP contribution in [0.5, 0.6) is 0 Å². The second kappa shape index (κ2) is 7.37. The van der Waals surface area contributed by atoms with Crippen molar-refractivity contribution in [3.8, 4) is 0 Å². The second-order valence-corrected chi connectivity index (χ2v) is 5.69. The van der Waals surface area contributed by atoms with Crippen molar-refractivity contribution < 1.29 is 4.74 Å². The molecule has 106 valence electrons. The minimum Gasteiger partial charge on any atom is -0.376 e. The molecule has 2 rings (SSSR count). The molecule has 0 N–H and O–H groups in total. The van der Waals surface area contributed by atoms with Gasteiger partial charge in [-0.15, -0.1) is 11.6 Å². The van der Waals surface area contributed by atoms with Gasteiger partial charge in [0.05, 0.1) is 6.10 Å². The molecule has 0 amide bonds. The smallest absolute Gasteiger partial charge is 0.0750 e. The zero-order chi connectivity index (χ0) is 13.7. The van der Waals surface area contributed by atoms with E-state index in [1.165, 1.54) is 0 Å². The molecule has 0 radical (unpaired) electrons. The Labute approximate surface area is 125 Å². The van der Waals surface area contributed by atoms with Crippen LogP contribution in [0, 0.1) is 0 Å². The van der Waals surface area contributed by atoms with Gasteiger partial charge in [0.15, 0.2) is 0 Å². The van der Waals surface area contributed by atoms with Gasteiger partial charge in [-0.2, -0.15) is 0 Å². The summed E-state index contributed by atoms with van der Waals surface area (Å²) in [5.74, 6) is 0.517. The number of benzene rings is 1. The fraction of sp³-hybridized carbons (Fsp3) is 0.600. The first kappa shape index (κ1) is 15.0. The minimum atomic E-state index is 0.329. The number of alkyl halides is 1. The molecule has 4 heteroatoms. The molecular weight excluding hydrogens is 281 g/mol.